The third-order valence-electron chi connectivity index (χ3n) is 2.50. The maximum Gasteiger partial charge on any atom is 0.274 e. The number of hydroxylamine groups is 1. The lowest BCUT2D eigenvalue weighted by molar-refractivity contribution is -0.118. The van der Waals surface area contributed by atoms with Crippen LogP contribution in [-0.4, -0.2) is 11.1 Å². The molecule has 3 nitrogen and oxygen atoms in total. The van der Waals surface area contributed by atoms with Gasteiger partial charge in [-0.25, -0.2) is 0 Å². The molecule has 19 heavy (non-hydrogen) atoms. The van der Waals surface area contributed by atoms with Crippen LogP contribution in [0.15, 0.2) is 60.7 Å². The largest absolute Gasteiger partial charge is 0.281 e. The minimum absolute atomic E-state index is 0.368. The number of hydrogen-bond acceptors (Lipinski definition) is 2. The second-order valence-corrected chi connectivity index (χ2v) is 4.31. The van der Waals surface area contributed by atoms with E-state index in [1.54, 1.807) is 30.3 Å². The predicted octanol–water partition coefficient (Wildman–Crippen LogP) is 3.78. The summed E-state index contributed by atoms with van der Waals surface area (Å²) in [5.74, 6) is -0.522. The fourth-order valence-electron chi connectivity index (χ4n) is 1.51. The van der Waals surface area contributed by atoms with Gasteiger partial charge in [-0.05, 0) is 35.9 Å². The molecule has 1 amide bonds. The van der Waals surface area contributed by atoms with Crippen molar-refractivity contribution in [3.8, 4) is 0 Å². The summed E-state index contributed by atoms with van der Waals surface area (Å²) in [5.41, 5.74) is 1.26. The highest BCUT2D eigenvalue weighted by atomic mass is 35.5. The number of rotatable bonds is 3. The Labute approximate surface area is 116 Å². The Morgan fingerprint density at radius 2 is 1.68 bits per heavy atom. The third kappa shape index (κ3) is 3.68. The van der Waals surface area contributed by atoms with Gasteiger partial charge in [0.1, 0.15) is 0 Å². The minimum Gasteiger partial charge on any atom is -0.281 e. The minimum atomic E-state index is -0.522. The van der Waals surface area contributed by atoms with Gasteiger partial charge in [-0.15, -0.1) is 0 Å². The normalized spacial score (nSPS) is 10.6. The number of anilines is 1. The first-order chi connectivity index (χ1) is 9.16. The molecule has 4 heteroatoms. The lowest BCUT2D eigenvalue weighted by atomic mass is 10.2. The molecule has 0 radical (unpaired) electrons. The van der Waals surface area contributed by atoms with Crippen LogP contribution < -0.4 is 5.06 Å². The van der Waals surface area contributed by atoms with Gasteiger partial charge in [0, 0.05) is 11.1 Å². The SMILES string of the molecule is O=C(C=Cc1ccccc1)N(O)c1ccc(Cl)cc1. The number of halogens is 1. The Morgan fingerprint density at radius 3 is 2.32 bits per heavy atom. The molecule has 2 rings (SSSR count). The van der Waals surface area contributed by atoms with Crippen molar-refractivity contribution in [2.45, 2.75) is 0 Å². The van der Waals surface area contributed by atoms with Gasteiger partial charge >= 0.3 is 0 Å². The van der Waals surface area contributed by atoms with Crippen molar-refractivity contribution in [2.75, 3.05) is 5.06 Å². The standard InChI is InChI=1S/C15H12ClNO2/c16-13-7-9-14(10-8-13)17(19)15(18)11-6-12-4-2-1-3-5-12/h1-11,19H. The summed E-state index contributed by atoms with van der Waals surface area (Å²) < 4.78 is 0. The fraction of sp³-hybridized carbons (Fsp3) is 0. The average molecular weight is 274 g/mol. The van der Waals surface area contributed by atoms with Gasteiger partial charge in [0.2, 0.25) is 0 Å². The van der Waals surface area contributed by atoms with Crippen molar-refractivity contribution in [1.82, 2.24) is 0 Å². The van der Waals surface area contributed by atoms with E-state index in [-0.39, 0.29) is 0 Å². The maximum atomic E-state index is 11.8. The molecule has 0 bridgehead atoms. The van der Waals surface area contributed by atoms with Crippen LogP contribution >= 0.6 is 11.6 Å². The van der Waals surface area contributed by atoms with E-state index >= 15 is 0 Å². The van der Waals surface area contributed by atoms with E-state index in [0.717, 1.165) is 5.56 Å². The first kappa shape index (κ1) is 13.3. The van der Waals surface area contributed by atoms with E-state index in [0.29, 0.717) is 15.8 Å². The Hall–Kier alpha value is -2.10. The second-order valence-electron chi connectivity index (χ2n) is 3.87. The zero-order valence-corrected chi connectivity index (χ0v) is 10.8. The van der Waals surface area contributed by atoms with Gasteiger partial charge in [0.25, 0.3) is 5.91 Å². The predicted molar refractivity (Wildman–Crippen MR) is 76.2 cm³/mol. The van der Waals surface area contributed by atoms with E-state index in [4.69, 9.17) is 11.6 Å². The molecule has 0 aliphatic heterocycles. The number of carbonyl (C=O) groups is 1. The summed E-state index contributed by atoms with van der Waals surface area (Å²) in [5, 5.41) is 10.9. The Kier molecular flexibility index (Phi) is 4.34. The molecule has 0 fully saturated rings. The van der Waals surface area contributed by atoms with Gasteiger partial charge in [0.15, 0.2) is 0 Å². The van der Waals surface area contributed by atoms with Crippen LogP contribution in [0.2, 0.25) is 5.02 Å². The molecule has 0 heterocycles. The first-order valence-electron chi connectivity index (χ1n) is 5.68. The van der Waals surface area contributed by atoms with Gasteiger partial charge in [-0.3, -0.25) is 10.0 Å². The second kappa shape index (κ2) is 6.18. The van der Waals surface area contributed by atoms with Crippen LogP contribution in [0.5, 0.6) is 0 Å². The Morgan fingerprint density at radius 1 is 1.05 bits per heavy atom. The van der Waals surface area contributed by atoms with Gasteiger partial charge < -0.3 is 0 Å². The molecule has 0 aliphatic carbocycles. The van der Waals surface area contributed by atoms with E-state index in [9.17, 15) is 10.0 Å². The highest BCUT2D eigenvalue weighted by Crippen LogP contribution is 2.17. The molecular formula is C15H12ClNO2. The first-order valence-corrected chi connectivity index (χ1v) is 6.06. The third-order valence-corrected chi connectivity index (χ3v) is 2.75. The topological polar surface area (TPSA) is 40.5 Å². The summed E-state index contributed by atoms with van der Waals surface area (Å²) in [6.07, 6.45) is 2.95. The molecule has 0 saturated heterocycles. The Bertz CT molecular complexity index is 579. The summed E-state index contributed by atoms with van der Waals surface area (Å²) in [4.78, 5) is 11.8. The van der Waals surface area contributed by atoms with Crippen molar-refractivity contribution in [2.24, 2.45) is 0 Å². The highest BCUT2D eigenvalue weighted by molar-refractivity contribution is 6.30. The van der Waals surface area contributed by atoms with Crippen molar-refractivity contribution in [3.05, 3.63) is 71.3 Å². The number of carbonyl (C=O) groups excluding carboxylic acids is 1. The smallest absolute Gasteiger partial charge is 0.274 e. The lowest BCUT2D eigenvalue weighted by Crippen LogP contribution is -2.24. The van der Waals surface area contributed by atoms with E-state index in [1.165, 1.54) is 6.08 Å². The zero-order chi connectivity index (χ0) is 13.7. The van der Waals surface area contributed by atoms with Gasteiger partial charge in [0.05, 0.1) is 5.69 Å². The number of benzene rings is 2. The van der Waals surface area contributed by atoms with Gasteiger partial charge in [-0.1, -0.05) is 41.9 Å². The molecule has 0 aromatic heterocycles. The van der Waals surface area contributed by atoms with Crippen LogP contribution in [0.4, 0.5) is 5.69 Å². The van der Waals surface area contributed by atoms with Crippen molar-refractivity contribution in [1.29, 1.82) is 0 Å². The van der Waals surface area contributed by atoms with Crippen LogP contribution in [-0.2, 0) is 4.79 Å². The summed E-state index contributed by atoms with van der Waals surface area (Å²) in [6, 6.07) is 15.7. The lowest BCUT2D eigenvalue weighted by Gasteiger charge is -2.12. The molecule has 0 aliphatic rings. The van der Waals surface area contributed by atoms with Crippen LogP contribution in [0.25, 0.3) is 6.08 Å². The molecule has 2 aromatic rings. The summed E-state index contributed by atoms with van der Waals surface area (Å²) >= 11 is 5.74. The summed E-state index contributed by atoms with van der Waals surface area (Å²) in [6.45, 7) is 0. The molecule has 0 atom stereocenters. The van der Waals surface area contributed by atoms with E-state index in [2.05, 4.69) is 0 Å². The van der Waals surface area contributed by atoms with Crippen molar-refractivity contribution in [3.63, 3.8) is 0 Å². The maximum absolute atomic E-state index is 11.8. The monoisotopic (exact) mass is 273 g/mol. The molecule has 2 aromatic carbocycles. The number of nitrogens with zero attached hydrogens (tertiary/aromatic N) is 1. The van der Waals surface area contributed by atoms with Crippen LogP contribution in [0, 0.1) is 0 Å². The number of hydrogen-bond donors (Lipinski definition) is 1. The number of amides is 1. The quantitative estimate of drug-likeness (QED) is 0.525. The molecule has 96 valence electrons. The molecule has 0 saturated carbocycles. The molecular weight excluding hydrogens is 262 g/mol. The van der Waals surface area contributed by atoms with Crippen LogP contribution in [0.3, 0.4) is 0 Å². The van der Waals surface area contributed by atoms with Gasteiger partial charge in [-0.2, -0.15) is 5.06 Å². The van der Waals surface area contributed by atoms with Crippen molar-refractivity contribution < 1.29 is 10.0 Å². The molecule has 1 N–H and O–H groups in total. The molecule has 0 unspecified atom stereocenters. The highest BCUT2D eigenvalue weighted by Gasteiger charge is 2.09. The zero-order valence-electron chi connectivity index (χ0n) is 10.0. The van der Waals surface area contributed by atoms with E-state index < -0.39 is 5.91 Å². The fourth-order valence-corrected chi connectivity index (χ4v) is 1.64. The van der Waals surface area contributed by atoms with E-state index in [1.807, 2.05) is 30.3 Å². The molecule has 0 spiro atoms. The summed E-state index contributed by atoms with van der Waals surface area (Å²) in [7, 11) is 0. The van der Waals surface area contributed by atoms with Crippen LogP contribution in [0.1, 0.15) is 5.56 Å². The average Bonchev–Trinajstić information content (AvgIpc) is 2.46. The Balaban J connectivity index is 2.07. The van der Waals surface area contributed by atoms with Crippen molar-refractivity contribution >= 4 is 29.3 Å².